The molecule has 51 heavy (non-hydrogen) atoms. The highest BCUT2D eigenvalue weighted by Crippen LogP contribution is 2.48. The third-order valence-electron chi connectivity index (χ3n) is 9.51. The first kappa shape index (κ1) is 38.1. The molecule has 0 N–H and O–H groups in total. The van der Waals surface area contributed by atoms with E-state index >= 15 is 0 Å². The summed E-state index contributed by atoms with van der Waals surface area (Å²) >= 11 is 0.849. The van der Waals surface area contributed by atoms with Crippen LogP contribution >= 0.6 is 12.0 Å². The van der Waals surface area contributed by atoms with E-state index in [-0.39, 0.29) is 29.6 Å². The second-order valence-electron chi connectivity index (χ2n) is 13.5. The Kier molecular flexibility index (Phi) is 11.4. The highest BCUT2D eigenvalue weighted by atomic mass is 32.2. The minimum Gasteiger partial charge on any atom is -0.744 e. The summed E-state index contributed by atoms with van der Waals surface area (Å²) in [5.41, 5.74) is 4.60. The zero-order chi connectivity index (χ0) is 37.1. The SMILES string of the molecule is C[N+]1=C(/C=C/C=C/C=C2\N(CCCCCC(=O)ON3C(=O)CCC3=O)c3ccc(S(=O)(=O)[O-])cc3C2(C)C)C(C)(C)c2cc(SOO[O-])ccc21. The monoisotopic (exact) mass is 738 g/mol. The average Bonchev–Trinajstić information content (AvgIpc) is 3.57. The molecular formula is C36H40N3O10S2-. The number of carbonyl (C=O) groups is 3. The van der Waals surface area contributed by atoms with Crippen molar-refractivity contribution < 1.29 is 51.4 Å². The Balaban J connectivity index is 1.30. The molecule has 2 aromatic carbocycles. The topological polar surface area (TPSA) is 169 Å². The Labute approximate surface area is 301 Å². The van der Waals surface area contributed by atoms with Crippen LogP contribution in [-0.4, -0.2) is 59.7 Å². The van der Waals surface area contributed by atoms with E-state index in [1.165, 1.54) is 12.1 Å². The molecule has 0 radical (unpaired) electrons. The molecular weight excluding hydrogens is 699 g/mol. The maximum absolute atomic E-state index is 12.2. The number of amides is 2. The first-order valence-electron chi connectivity index (χ1n) is 16.5. The molecule has 3 heterocycles. The Bertz CT molecular complexity index is 1950. The van der Waals surface area contributed by atoms with Crippen LogP contribution in [0, 0.1) is 0 Å². The molecule has 0 spiro atoms. The lowest BCUT2D eigenvalue weighted by Crippen LogP contribution is -2.32. The summed E-state index contributed by atoms with van der Waals surface area (Å²) < 4.78 is 42.3. The molecule has 2 amide bonds. The van der Waals surface area contributed by atoms with Gasteiger partial charge in [-0.2, -0.15) is 8.91 Å². The van der Waals surface area contributed by atoms with Crippen LogP contribution < -0.4 is 10.2 Å². The van der Waals surface area contributed by atoms with Crippen LogP contribution in [0.5, 0.6) is 0 Å². The van der Waals surface area contributed by atoms with Crippen LogP contribution in [0.2, 0.25) is 0 Å². The summed E-state index contributed by atoms with van der Waals surface area (Å²) in [4.78, 5) is 43.2. The van der Waals surface area contributed by atoms with E-state index in [2.05, 4.69) is 32.7 Å². The number of benzene rings is 2. The molecule has 1 saturated heterocycles. The number of nitrogens with zero attached hydrogens (tertiary/aromatic N) is 3. The Morgan fingerprint density at radius 1 is 0.961 bits per heavy atom. The van der Waals surface area contributed by atoms with Gasteiger partial charge in [0.2, 0.25) is 5.69 Å². The quantitative estimate of drug-likeness (QED) is 0.0381. The van der Waals surface area contributed by atoms with E-state index in [4.69, 9.17) is 4.84 Å². The minimum atomic E-state index is -4.66. The third kappa shape index (κ3) is 8.03. The molecule has 0 aliphatic carbocycles. The average molecular weight is 739 g/mol. The molecule has 2 aromatic rings. The van der Waals surface area contributed by atoms with E-state index in [1.54, 1.807) is 6.07 Å². The van der Waals surface area contributed by atoms with Gasteiger partial charge in [-0.1, -0.05) is 38.5 Å². The zero-order valence-corrected chi connectivity index (χ0v) is 30.7. The van der Waals surface area contributed by atoms with Crippen molar-refractivity contribution in [1.29, 1.82) is 0 Å². The summed E-state index contributed by atoms with van der Waals surface area (Å²) in [6.45, 7) is 8.73. The van der Waals surface area contributed by atoms with Crippen molar-refractivity contribution in [2.45, 2.75) is 86.8 Å². The van der Waals surface area contributed by atoms with Gasteiger partial charge in [0.1, 0.15) is 17.2 Å². The molecule has 5 rings (SSSR count). The molecule has 0 saturated carbocycles. The van der Waals surface area contributed by atoms with Gasteiger partial charge in [0.25, 0.3) is 11.8 Å². The minimum absolute atomic E-state index is 0.0340. The lowest BCUT2D eigenvalue weighted by atomic mass is 9.81. The normalized spacial score (nSPS) is 18.9. The molecule has 0 bridgehead atoms. The predicted molar refractivity (Wildman–Crippen MR) is 185 cm³/mol. The van der Waals surface area contributed by atoms with Crippen molar-refractivity contribution in [3.05, 3.63) is 83.6 Å². The molecule has 272 valence electrons. The van der Waals surface area contributed by atoms with Gasteiger partial charge < -0.3 is 19.5 Å². The van der Waals surface area contributed by atoms with Gasteiger partial charge in [-0.15, -0.1) is 5.06 Å². The number of rotatable bonds is 14. The fourth-order valence-corrected chi connectivity index (χ4v) is 7.74. The maximum Gasteiger partial charge on any atom is 0.333 e. The standard InChI is InChI=1S/C36H41N3O10S2/c1-35(2)26-22-24(50-49-48-43)15-17-28(26)37(5)30(35)12-8-6-9-13-31-36(3,4)27-23-25(51(44,45)46)16-18-29(27)38(31)21-11-7-10-14-34(42)47-39-32(40)19-20-33(39)41/h6,8-9,12-13,15-18,22-23H,7,10-11,14,19-21H2,1-5H3,(H-,43,44,45,46)/p-1. The number of allylic oxidation sites excluding steroid dienone is 6. The van der Waals surface area contributed by atoms with Crippen LogP contribution in [0.3, 0.4) is 0 Å². The van der Waals surface area contributed by atoms with Gasteiger partial charge >= 0.3 is 5.97 Å². The maximum atomic E-state index is 12.2. The van der Waals surface area contributed by atoms with Crippen molar-refractivity contribution in [3.63, 3.8) is 0 Å². The second-order valence-corrected chi connectivity index (χ2v) is 15.7. The molecule has 0 aromatic heterocycles. The van der Waals surface area contributed by atoms with E-state index in [0.717, 1.165) is 45.3 Å². The summed E-state index contributed by atoms with van der Waals surface area (Å²) in [5, 5.41) is 14.3. The van der Waals surface area contributed by atoms with Crippen LogP contribution in [0.15, 0.2) is 82.3 Å². The fraction of sp³-hybridized carbons (Fsp3) is 0.389. The van der Waals surface area contributed by atoms with Gasteiger partial charge in [-0.25, -0.2) is 13.2 Å². The number of imide groups is 1. The second kappa shape index (κ2) is 15.2. The van der Waals surface area contributed by atoms with E-state index < -0.39 is 33.3 Å². The van der Waals surface area contributed by atoms with Crippen molar-refractivity contribution in [2.24, 2.45) is 0 Å². The van der Waals surface area contributed by atoms with E-state index in [9.17, 15) is 32.6 Å². The number of fused-ring (bicyclic) bond motifs is 2. The molecule has 15 heteroatoms. The highest BCUT2D eigenvalue weighted by Gasteiger charge is 2.43. The Morgan fingerprint density at radius 3 is 2.37 bits per heavy atom. The number of hydrogen-bond acceptors (Lipinski definition) is 12. The lowest BCUT2D eigenvalue weighted by molar-refractivity contribution is -0.777. The van der Waals surface area contributed by atoms with Crippen LogP contribution in [0.1, 0.15) is 77.3 Å². The van der Waals surface area contributed by atoms with Gasteiger partial charge in [0, 0.05) is 65.2 Å². The molecule has 3 aliphatic rings. The lowest BCUT2D eigenvalue weighted by Gasteiger charge is -2.27. The van der Waals surface area contributed by atoms with Crippen molar-refractivity contribution in [2.75, 3.05) is 18.5 Å². The summed E-state index contributed by atoms with van der Waals surface area (Å²) in [6, 6.07) is 10.2. The van der Waals surface area contributed by atoms with Crippen LogP contribution in [0.25, 0.3) is 0 Å². The Hall–Kier alpha value is -4.12. The molecule has 1 fully saturated rings. The van der Waals surface area contributed by atoms with Gasteiger partial charge in [0.05, 0.1) is 22.4 Å². The van der Waals surface area contributed by atoms with Crippen LogP contribution in [-0.2, 0) is 49.5 Å². The van der Waals surface area contributed by atoms with Crippen molar-refractivity contribution in [3.8, 4) is 0 Å². The summed E-state index contributed by atoms with van der Waals surface area (Å²) in [7, 11) is -2.67. The number of hydrogen-bond donors (Lipinski definition) is 0. The van der Waals surface area contributed by atoms with Gasteiger partial charge in [-0.05, 0) is 68.7 Å². The fourth-order valence-electron chi connectivity index (χ4n) is 6.85. The zero-order valence-electron chi connectivity index (χ0n) is 29.0. The van der Waals surface area contributed by atoms with E-state index in [1.807, 2.05) is 69.5 Å². The molecule has 13 nitrogen and oxygen atoms in total. The Morgan fingerprint density at radius 2 is 1.69 bits per heavy atom. The first-order chi connectivity index (χ1) is 24.1. The molecule has 0 unspecified atom stereocenters. The smallest absolute Gasteiger partial charge is 0.333 e. The number of carbonyl (C=O) groups excluding carboxylic acids is 3. The van der Waals surface area contributed by atoms with Crippen molar-refractivity contribution >= 4 is 57.0 Å². The van der Waals surface area contributed by atoms with E-state index in [0.29, 0.717) is 36.4 Å². The predicted octanol–water partition coefficient (Wildman–Crippen LogP) is 4.79. The van der Waals surface area contributed by atoms with Gasteiger partial charge in [-0.3, -0.25) is 14.6 Å². The summed E-state index contributed by atoms with van der Waals surface area (Å²) in [6.07, 6.45) is 11.7. The van der Waals surface area contributed by atoms with Gasteiger partial charge in [0.15, 0.2) is 5.71 Å². The number of unbranched alkanes of at least 4 members (excludes halogenated alkanes) is 2. The third-order valence-corrected chi connectivity index (χ3v) is 10.9. The number of hydroxylamine groups is 2. The van der Waals surface area contributed by atoms with Crippen LogP contribution in [0.4, 0.5) is 11.4 Å². The number of anilines is 1. The summed E-state index contributed by atoms with van der Waals surface area (Å²) in [5.74, 6) is -1.68. The molecule has 3 aliphatic heterocycles. The largest absolute Gasteiger partial charge is 0.744 e. The van der Waals surface area contributed by atoms with Crippen molar-refractivity contribution in [1.82, 2.24) is 5.06 Å². The first-order valence-corrected chi connectivity index (χ1v) is 18.6. The highest BCUT2D eigenvalue weighted by molar-refractivity contribution is 7.94. The molecule has 0 atom stereocenters.